The molecule has 6 heteroatoms. The number of rotatable bonds is 1. The van der Waals surface area contributed by atoms with Gasteiger partial charge in [0.2, 0.25) is 0 Å². The number of hydrogen-bond donors (Lipinski definition) is 1. The van der Waals surface area contributed by atoms with Crippen LogP contribution in [0.3, 0.4) is 0 Å². The van der Waals surface area contributed by atoms with Gasteiger partial charge in [0.1, 0.15) is 5.82 Å². The highest BCUT2D eigenvalue weighted by atomic mass is 127. The van der Waals surface area contributed by atoms with Crippen LogP contribution in [0.1, 0.15) is 17.3 Å². The SMILES string of the molecule is CC1CN(C(=O)c2ccc(F)cc2I)CCN1.Cl. The normalized spacial score (nSPS) is 19.3. The average Bonchev–Trinajstić information content (AvgIpc) is 2.28. The molecule has 1 unspecified atom stereocenters. The van der Waals surface area contributed by atoms with Crippen molar-refractivity contribution in [3.63, 3.8) is 0 Å². The number of carbonyl (C=O) groups excluding carboxylic acids is 1. The molecule has 1 N–H and O–H groups in total. The molecule has 1 aromatic carbocycles. The van der Waals surface area contributed by atoms with E-state index < -0.39 is 0 Å². The smallest absolute Gasteiger partial charge is 0.255 e. The number of piperazine rings is 1. The standard InChI is InChI=1S/C12H14FIN2O.ClH/c1-8-7-16(5-4-15-8)12(17)10-3-2-9(13)6-11(10)14;/h2-3,6,8,15H,4-5,7H2,1H3;1H. The molecule has 0 saturated carbocycles. The second-order valence-corrected chi connectivity index (χ2v) is 5.39. The summed E-state index contributed by atoms with van der Waals surface area (Å²) in [4.78, 5) is 14.1. The van der Waals surface area contributed by atoms with Gasteiger partial charge in [-0.15, -0.1) is 12.4 Å². The Morgan fingerprint density at radius 3 is 2.89 bits per heavy atom. The predicted octanol–water partition coefficient (Wildman–Crippen LogP) is 2.29. The number of nitrogens with zero attached hydrogens (tertiary/aromatic N) is 1. The summed E-state index contributed by atoms with van der Waals surface area (Å²) < 4.78 is 13.6. The van der Waals surface area contributed by atoms with E-state index in [0.29, 0.717) is 28.3 Å². The zero-order valence-corrected chi connectivity index (χ0v) is 12.9. The van der Waals surface area contributed by atoms with Crippen LogP contribution >= 0.6 is 35.0 Å². The number of hydrogen-bond acceptors (Lipinski definition) is 2. The Morgan fingerprint density at radius 2 is 2.28 bits per heavy atom. The van der Waals surface area contributed by atoms with Crippen LogP contribution in [-0.4, -0.2) is 36.5 Å². The Morgan fingerprint density at radius 1 is 1.56 bits per heavy atom. The average molecular weight is 385 g/mol. The van der Waals surface area contributed by atoms with E-state index in [1.807, 2.05) is 27.5 Å². The lowest BCUT2D eigenvalue weighted by atomic mass is 10.1. The first-order valence-electron chi connectivity index (χ1n) is 5.55. The number of amides is 1. The van der Waals surface area contributed by atoms with Crippen molar-refractivity contribution in [2.75, 3.05) is 19.6 Å². The maximum atomic E-state index is 13.0. The number of nitrogens with one attached hydrogen (secondary N) is 1. The molecule has 1 aliphatic heterocycles. The van der Waals surface area contributed by atoms with E-state index in [1.165, 1.54) is 12.1 Å². The van der Waals surface area contributed by atoms with Crippen molar-refractivity contribution in [3.05, 3.63) is 33.1 Å². The number of benzene rings is 1. The zero-order chi connectivity index (χ0) is 12.4. The molecule has 1 amide bonds. The second-order valence-electron chi connectivity index (χ2n) is 4.23. The monoisotopic (exact) mass is 384 g/mol. The molecule has 1 aliphatic rings. The highest BCUT2D eigenvalue weighted by Crippen LogP contribution is 2.16. The third-order valence-electron chi connectivity index (χ3n) is 2.82. The van der Waals surface area contributed by atoms with Gasteiger partial charge in [-0.25, -0.2) is 4.39 Å². The van der Waals surface area contributed by atoms with E-state index in [9.17, 15) is 9.18 Å². The van der Waals surface area contributed by atoms with Crippen LogP contribution in [0.4, 0.5) is 4.39 Å². The third-order valence-corrected chi connectivity index (χ3v) is 3.71. The molecule has 0 spiro atoms. The van der Waals surface area contributed by atoms with Gasteiger partial charge in [-0.2, -0.15) is 0 Å². The maximum absolute atomic E-state index is 13.0. The maximum Gasteiger partial charge on any atom is 0.255 e. The van der Waals surface area contributed by atoms with Crippen LogP contribution in [0.25, 0.3) is 0 Å². The summed E-state index contributed by atoms with van der Waals surface area (Å²) in [6.45, 7) is 4.27. The van der Waals surface area contributed by atoms with Gasteiger partial charge >= 0.3 is 0 Å². The lowest BCUT2D eigenvalue weighted by Gasteiger charge is -2.32. The largest absolute Gasteiger partial charge is 0.336 e. The Kier molecular flexibility index (Phi) is 5.81. The molecule has 18 heavy (non-hydrogen) atoms. The van der Waals surface area contributed by atoms with Gasteiger partial charge in [-0.05, 0) is 47.7 Å². The summed E-state index contributed by atoms with van der Waals surface area (Å²) >= 11 is 2.00. The summed E-state index contributed by atoms with van der Waals surface area (Å²) in [5.74, 6) is -0.317. The summed E-state index contributed by atoms with van der Waals surface area (Å²) in [5.41, 5.74) is 0.584. The van der Waals surface area contributed by atoms with Crippen molar-refractivity contribution >= 4 is 40.9 Å². The van der Waals surface area contributed by atoms with E-state index in [-0.39, 0.29) is 24.1 Å². The van der Waals surface area contributed by atoms with Gasteiger partial charge in [-0.1, -0.05) is 0 Å². The van der Waals surface area contributed by atoms with Crippen molar-refractivity contribution in [2.24, 2.45) is 0 Å². The van der Waals surface area contributed by atoms with Gasteiger partial charge in [0.05, 0.1) is 5.56 Å². The van der Waals surface area contributed by atoms with Crippen molar-refractivity contribution in [1.29, 1.82) is 0 Å². The van der Waals surface area contributed by atoms with Crippen molar-refractivity contribution < 1.29 is 9.18 Å². The van der Waals surface area contributed by atoms with E-state index in [2.05, 4.69) is 12.2 Å². The van der Waals surface area contributed by atoms with Crippen LogP contribution in [0.2, 0.25) is 0 Å². The topological polar surface area (TPSA) is 32.3 Å². The van der Waals surface area contributed by atoms with Crippen molar-refractivity contribution in [3.8, 4) is 0 Å². The molecule has 1 aromatic rings. The molecule has 1 fully saturated rings. The van der Waals surface area contributed by atoms with E-state index in [0.717, 1.165) is 6.54 Å². The molecule has 0 radical (unpaired) electrons. The fourth-order valence-corrected chi connectivity index (χ4v) is 2.66. The van der Waals surface area contributed by atoms with Crippen LogP contribution in [0.5, 0.6) is 0 Å². The zero-order valence-electron chi connectivity index (χ0n) is 9.95. The van der Waals surface area contributed by atoms with E-state index >= 15 is 0 Å². The van der Waals surface area contributed by atoms with Gasteiger partial charge in [0.15, 0.2) is 0 Å². The third kappa shape index (κ3) is 3.55. The fraction of sp³-hybridized carbons (Fsp3) is 0.417. The van der Waals surface area contributed by atoms with Crippen molar-refractivity contribution in [2.45, 2.75) is 13.0 Å². The summed E-state index contributed by atoms with van der Waals surface area (Å²) in [6.07, 6.45) is 0. The molecule has 0 bridgehead atoms. The van der Waals surface area contributed by atoms with Gasteiger partial charge < -0.3 is 10.2 Å². The second kappa shape index (κ2) is 6.68. The van der Waals surface area contributed by atoms with Crippen molar-refractivity contribution in [1.82, 2.24) is 10.2 Å². The van der Waals surface area contributed by atoms with E-state index in [4.69, 9.17) is 0 Å². The minimum atomic E-state index is -0.306. The Bertz CT molecular complexity index is 444. The van der Waals surface area contributed by atoms with Crippen LogP contribution in [0.15, 0.2) is 18.2 Å². The number of carbonyl (C=O) groups is 1. The minimum Gasteiger partial charge on any atom is -0.336 e. The van der Waals surface area contributed by atoms with Crippen LogP contribution < -0.4 is 5.32 Å². The van der Waals surface area contributed by atoms with Gasteiger partial charge in [-0.3, -0.25) is 4.79 Å². The molecule has 1 saturated heterocycles. The molecule has 3 nitrogen and oxygen atoms in total. The quantitative estimate of drug-likeness (QED) is 0.754. The highest BCUT2D eigenvalue weighted by Gasteiger charge is 2.23. The first-order chi connectivity index (χ1) is 8.08. The molecule has 0 aliphatic carbocycles. The highest BCUT2D eigenvalue weighted by molar-refractivity contribution is 14.1. The lowest BCUT2D eigenvalue weighted by molar-refractivity contribution is 0.0708. The molecule has 0 aromatic heterocycles. The predicted molar refractivity (Wildman–Crippen MR) is 79.7 cm³/mol. The van der Waals surface area contributed by atoms with Crippen LogP contribution in [-0.2, 0) is 0 Å². The molecule has 1 atom stereocenters. The summed E-state index contributed by atoms with van der Waals surface area (Å²) in [6, 6.07) is 4.60. The molecule has 100 valence electrons. The molecule has 1 heterocycles. The van der Waals surface area contributed by atoms with Gasteiger partial charge in [0.25, 0.3) is 5.91 Å². The van der Waals surface area contributed by atoms with E-state index in [1.54, 1.807) is 6.07 Å². The Balaban J connectivity index is 0.00000162. The first kappa shape index (κ1) is 15.7. The molecular weight excluding hydrogens is 370 g/mol. The number of halogens is 3. The Hall–Kier alpha value is -0.400. The fourth-order valence-electron chi connectivity index (χ4n) is 1.95. The first-order valence-corrected chi connectivity index (χ1v) is 6.63. The Labute approximate surface area is 126 Å². The summed E-state index contributed by atoms with van der Waals surface area (Å²) in [7, 11) is 0. The minimum absolute atomic E-state index is 0. The van der Waals surface area contributed by atoms with Crippen LogP contribution in [0, 0.1) is 9.39 Å². The van der Waals surface area contributed by atoms with Gasteiger partial charge in [0, 0.05) is 29.2 Å². The summed E-state index contributed by atoms with van der Waals surface area (Å²) in [5, 5.41) is 3.29. The molecular formula is C12H15ClFIN2O. The molecule has 2 rings (SSSR count). The lowest BCUT2D eigenvalue weighted by Crippen LogP contribution is -2.51.